The first kappa shape index (κ1) is 18.0. The lowest BCUT2D eigenvalue weighted by Crippen LogP contribution is -2.50. The van der Waals surface area contributed by atoms with Gasteiger partial charge in [0.1, 0.15) is 17.3 Å². The van der Waals surface area contributed by atoms with E-state index in [1.807, 2.05) is 20.8 Å². The fourth-order valence-electron chi connectivity index (χ4n) is 3.30. The fourth-order valence-corrected chi connectivity index (χ4v) is 3.30. The Morgan fingerprint density at radius 2 is 1.42 bits per heavy atom. The third-order valence-corrected chi connectivity index (χ3v) is 4.97. The number of carbonyl (C=O) groups excluding carboxylic acids is 2. The average Bonchev–Trinajstić information content (AvgIpc) is 2.92. The highest BCUT2D eigenvalue weighted by Gasteiger charge is 2.28. The Balaban J connectivity index is 1.65. The Labute approximate surface area is 153 Å². The molecule has 0 unspecified atom stereocenters. The molecule has 1 fully saturated rings. The number of hydrogen-bond donors (Lipinski definition) is 0. The number of benzene rings is 1. The maximum atomic E-state index is 12.8. The van der Waals surface area contributed by atoms with Gasteiger partial charge in [0.15, 0.2) is 0 Å². The number of amides is 2. The Morgan fingerprint density at radius 1 is 0.885 bits per heavy atom. The van der Waals surface area contributed by atoms with Gasteiger partial charge in [0.05, 0.1) is 12.7 Å². The van der Waals surface area contributed by atoms with Crippen molar-refractivity contribution in [1.29, 1.82) is 0 Å². The molecule has 26 heavy (non-hydrogen) atoms. The normalized spacial score (nSPS) is 14.5. The lowest BCUT2D eigenvalue weighted by molar-refractivity contribution is 0.0534. The Bertz CT molecular complexity index is 815. The summed E-state index contributed by atoms with van der Waals surface area (Å²) in [7, 11) is 1.60. The molecular weight excluding hydrogens is 332 g/mol. The molecule has 0 spiro atoms. The van der Waals surface area contributed by atoms with E-state index in [4.69, 9.17) is 9.15 Å². The summed E-state index contributed by atoms with van der Waals surface area (Å²) < 4.78 is 10.7. The van der Waals surface area contributed by atoms with Crippen LogP contribution >= 0.6 is 0 Å². The van der Waals surface area contributed by atoms with Gasteiger partial charge in [0.2, 0.25) is 0 Å². The molecule has 1 aliphatic rings. The van der Waals surface area contributed by atoms with Gasteiger partial charge in [-0.1, -0.05) is 0 Å². The molecule has 0 atom stereocenters. The summed E-state index contributed by atoms with van der Waals surface area (Å²) in [6.07, 6.45) is 0. The van der Waals surface area contributed by atoms with Gasteiger partial charge in [-0.15, -0.1) is 0 Å². The third kappa shape index (κ3) is 3.31. The van der Waals surface area contributed by atoms with Gasteiger partial charge >= 0.3 is 0 Å². The second-order valence-electron chi connectivity index (χ2n) is 6.53. The van der Waals surface area contributed by atoms with Crippen molar-refractivity contribution in [2.45, 2.75) is 20.8 Å². The molecular formula is C20H24N2O4. The molecule has 138 valence electrons. The molecule has 0 radical (unpaired) electrons. The zero-order chi connectivity index (χ0) is 18.8. The lowest BCUT2D eigenvalue weighted by atomic mass is 10.1. The molecule has 0 N–H and O–H groups in total. The predicted molar refractivity (Wildman–Crippen MR) is 97.7 cm³/mol. The smallest absolute Gasteiger partial charge is 0.257 e. The molecule has 2 heterocycles. The number of ether oxygens (including phenoxy) is 1. The molecule has 1 saturated heterocycles. The van der Waals surface area contributed by atoms with Gasteiger partial charge in [-0.05, 0) is 45.0 Å². The number of piperazine rings is 1. The van der Waals surface area contributed by atoms with Crippen LogP contribution in [-0.2, 0) is 0 Å². The van der Waals surface area contributed by atoms with Crippen molar-refractivity contribution in [3.8, 4) is 5.75 Å². The first-order valence-corrected chi connectivity index (χ1v) is 8.71. The summed E-state index contributed by atoms with van der Waals surface area (Å²) in [5, 5.41) is 0. The third-order valence-electron chi connectivity index (χ3n) is 4.97. The molecule has 1 aromatic heterocycles. The van der Waals surface area contributed by atoms with Crippen molar-refractivity contribution in [1.82, 2.24) is 9.80 Å². The van der Waals surface area contributed by atoms with Crippen LogP contribution in [0, 0.1) is 20.8 Å². The highest BCUT2D eigenvalue weighted by atomic mass is 16.5. The van der Waals surface area contributed by atoms with Gasteiger partial charge in [0, 0.05) is 37.3 Å². The zero-order valence-corrected chi connectivity index (χ0v) is 15.7. The van der Waals surface area contributed by atoms with Crippen molar-refractivity contribution in [3.63, 3.8) is 0 Å². The number of nitrogens with zero attached hydrogens (tertiary/aromatic N) is 2. The van der Waals surface area contributed by atoms with E-state index in [9.17, 15) is 9.59 Å². The Kier molecular flexibility index (Phi) is 5.02. The minimum Gasteiger partial charge on any atom is -0.497 e. The van der Waals surface area contributed by atoms with E-state index in [0.29, 0.717) is 43.1 Å². The number of furan rings is 1. The largest absolute Gasteiger partial charge is 0.497 e. The van der Waals surface area contributed by atoms with E-state index < -0.39 is 0 Å². The van der Waals surface area contributed by atoms with Gasteiger partial charge in [-0.2, -0.15) is 0 Å². The monoisotopic (exact) mass is 356 g/mol. The minimum atomic E-state index is -0.0220. The molecule has 0 bridgehead atoms. The molecule has 6 heteroatoms. The van der Waals surface area contributed by atoms with Crippen LogP contribution in [-0.4, -0.2) is 54.9 Å². The van der Waals surface area contributed by atoms with Crippen molar-refractivity contribution in [3.05, 3.63) is 52.5 Å². The van der Waals surface area contributed by atoms with E-state index in [0.717, 1.165) is 17.1 Å². The standard InChI is InChI=1S/C20H24N2O4/c1-13-14(2)26-15(3)18(13)20(24)22-11-9-21(10-12-22)19(23)16-5-7-17(25-4)8-6-16/h5-8H,9-12H2,1-4H3. The second-order valence-corrected chi connectivity index (χ2v) is 6.53. The summed E-state index contributed by atoms with van der Waals surface area (Å²) in [5.74, 6) is 2.11. The Morgan fingerprint density at radius 3 is 1.88 bits per heavy atom. The SMILES string of the molecule is COc1ccc(C(=O)N2CCN(C(=O)c3c(C)oc(C)c3C)CC2)cc1. The number of hydrogen-bond acceptors (Lipinski definition) is 4. The van der Waals surface area contributed by atoms with E-state index in [1.165, 1.54) is 0 Å². The topological polar surface area (TPSA) is 63.0 Å². The van der Waals surface area contributed by atoms with Crippen molar-refractivity contribution in [2.24, 2.45) is 0 Å². The maximum absolute atomic E-state index is 12.8. The van der Waals surface area contributed by atoms with Gasteiger partial charge in [0.25, 0.3) is 11.8 Å². The summed E-state index contributed by atoms with van der Waals surface area (Å²) in [5.41, 5.74) is 2.17. The molecule has 1 aliphatic heterocycles. The lowest BCUT2D eigenvalue weighted by Gasteiger charge is -2.35. The minimum absolute atomic E-state index is 0.0200. The van der Waals surface area contributed by atoms with Crippen LogP contribution in [0.1, 0.15) is 37.8 Å². The van der Waals surface area contributed by atoms with E-state index in [2.05, 4.69) is 0 Å². The highest BCUT2D eigenvalue weighted by molar-refractivity contribution is 5.97. The summed E-state index contributed by atoms with van der Waals surface area (Å²) in [6, 6.07) is 7.08. The molecule has 0 saturated carbocycles. The summed E-state index contributed by atoms with van der Waals surface area (Å²) >= 11 is 0. The van der Waals surface area contributed by atoms with Gasteiger partial charge in [-0.25, -0.2) is 0 Å². The molecule has 2 amide bonds. The fraction of sp³-hybridized carbons (Fsp3) is 0.400. The maximum Gasteiger partial charge on any atom is 0.257 e. The highest BCUT2D eigenvalue weighted by Crippen LogP contribution is 2.23. The molecule has 2 aromatic rings. The van der Waals surface area contributed by atoms with E-state index in [1.54, 1.807) is 41.2 Å². The molecule has 6 nitrogen and oxygen atoms in total. The summed E-state index contributed by atoms with van der Waals surface area (Å²) in [4.78, 5) is 29.0. The predicted octanol–water partition coefficient (Wildman–Crippen LogP) is 2.81. The first-order valence-electron chi connectivity index (χ1n) is 8.71. The second kappa shape index (κ2) is 7.23. The summed E-state index contributed by atoms with van der Waals surface area (Å²) in [6.45, 7) is 7.66. The number of methoxy groups -OCH3 is 1. The van der Waals surface area contributed by atoms with Crippen molar-refractivity contribution in [2.75, 3.05) is 33.3 Å². The van der Waals surface area contributed by atoms with Crippen LogP contribution in [0.15, 0.2) is 28.7 Å². The van der Waals surface area contributed by atoms with Crippen LogP contribution in [0.2, 0.25) is 0 Å². The van der Waals surface area contributed by atoms with Crippen LogP contribution in [0.5, 0.6) is 5.75 Å². The molecule has 1 aromatic carbocycles. The number of aryl methyl sites for hydroxylation is 2. The van der Waals surface area contributed by atoms with E-state index >= 15 is 0 Å². The van der Waals surface area contributed by atoms with Gasteiger partial charge < -0.3 is 19.0 Å². The van der Waals surface area contributed by atoms with Gasteiger partial charge in [-0.3, -0.25) is 9.59 Å². The quantitative estimate of drug-likeness (QED) is 0.848. The van der Waals surface area contributed by atoms with Crippen molar-refractivity contribution >= 4 is 11.8 Å². The number of carbonyl (C=O) groups is 2. The van der Waals surface area contributed by atoms with Crippen LogP contribution in [0.25, 0.3) is 0 Å². The first-order chi connectivity index (χ1) is 12.4. The van der Waals surface area contributed by atoms with E-state index in [-0.39, 0.29) is 11.8 Å². The molecule has 3 rings (SSSR count). The Hall–Kier alpha value is -2.76. The van der Waals surface area contributed by atoms with Crippen LogP contribution in [0.3, 0.4) is 0 Å². The average molecular weight is 356 g/mol. The van der Waals surface area contributed by atoms with Crippen molar-refractivity contribution < 1.29 is 18.7 Å². The molecule has 0 aliphatic carbocycles. The van der Waals surface area contributed by atoms with Crippen LogP contribution < -0.4 is 4.74 Å². The zero-order valence-electron chi connectivity index (χ0n) is 15.7. The van der Waals surface area contributed by atoms with Crippen LogP contribution in [0.4, 0.5) is 0 Å². The number of rotatable bonds is 3.